The van der Waals surface area contributed by atoms with Gasteiger partial charge in [-0.1, -0.05) is 31.2 Å². The Labute approximate surface area is 102 Å². The first kappa shape index (κ1) is 13.7. The molecule has 0 heterocycles. The van der Waals surface area contributed by atoms with Crippen molar-refractivity contribution in [2.75, 3.05) is 7.11 Å². The molecule has 1 rings (SSSR count). The summed E-state index contributed by atoms with van der Waals surface area (Å²) in [6, 6.07) is 7.51. The lowest BCUT2D eigenvalue weighted by Gasteiger charge is -2.10. The van der Waals surface area contributed by atoms with Crippen molar-refractivity contribution in [2.24, 2.45) is 5.73 Å². The summed E-state index contributed by atoms with van der Waals surface area (Å²) >= 11 is 0. The van der Waals surface area contributed by atoms with E-state index in [1.54, 1.807) is 7.11 Å². The second-order valence-electron chi connectivity index (χ2n) is 3.99. The molecule has 0 radical (unpaired) electrons. The first-order valence-electron chi connectivity index (χ1n) is 5.77. The van der Waals surface area contributed by atoms with E-state index < -0.39 is 6.04 Å². The normalized spacial score (nSPS) is 12.2. The van der Waals surface area contributed by atoms with Gasteiger partial charge in [0.05, 0.1) is 12.6 Å². The molecule has 0 aliphatic rings. The second-order valence-corrected chi connectivity index (χ2v) is 3.99. The summed E-state index contributed by atoms with van der Waals surface area (Å²) in [5, 5.41) is 2.81. The van der Waals surface area contributed by atoms with Gasteiger partial charge in [-0.25, -0.2) is 0 Å². The summed E-state index contributed by atoms with van der Waals surface area (Å²) in [5.41, 5.74) is 7.77. The molecular weight excluding hydrogens is 216 g/mol. The van der Waals surface area contributed by atoms with Gasteiger partial charge in [0.25, 0.3) is 0 Å². The Kier molecular flexibility index (Phi) is 5.66. The van der Waals surface area contributed by atoms with E-state index in [0.717, 1.165) is 11.1 Å². The summed E-state index contributed by atoms with van der Waals surface area (Å²) in [6.07, 6.45) is 0.648. The van der Waals surface area contributed by atoms with Crippen LogP contribution in [0, 0.1) is 0 Å². The van der Waals surface area contributed by atoms with Gasteiger partial charge in [0.1, 0.15) is 0 Å². The standard InChI is InChI=1S/C13H20N2O2/c1-3-12(14)13(16)15-8-10-5-4-6-11(7-10)9-17-2/h4-7,12H,3,8-9,14H2,1-2H3,(H,15,16). The number of carbonyl (C=O) groups excluding carboxylic acids is 1. The van der Waals surface area contributed by atoms with Gasteiger partial charge in [-0.05, 0) is 17.5 Å². The third-order valence-corrected chi connectivity index (χ3v) is 2.55. The SMILES string of the molecule is CCC(N)C(=O)NCc1cccc(COC)c1. The number of methoxy groups -OCH3 is 1. The van der Waals surface area contributed by atoms with E-state index in [1.807, 2.05) is 31.2 Å². The third-order valence-electron chi connectivity index (χ3n) is 2.55. The molecule has 1 amide bonds. The molecular formula is C13H20N2O2. The van der Waals surface area contributed by atoms with Crippen LogP contribution in [0.15, 0.2) is 24.3 Å². The van der Waals surface area contributed by atoms with Gasteiger partial charge < -0.3 is 15.8 Å². The highest BCUT2D eigenvalue weighted by Crippen LogP contribution is 2.06. The maximum atomic E-state index is 11.5. The molecule has 4 nitrogen and oxygen atoms in total. The van der Waals surface area contributed by atoms with E-state index in [9.17, 15) is 4.79 Å². The van der Waals surface area contributed by atoms with Gasteiger partial charge in [-0.3, -0.25) is 4.79 Å². The molecule has 0 fully saturated rings. The zero-order valence-electron chi connectivity index (χ0n) is 10.4. The Balaban J connectivity index is 2.51. The summed E-state index contributed by atoms with van der Waals surface area (Å²) in [4.78, 5) is 11.5. The predicted octanol–water partition coefficient (Wildman–Crippen LogP) is 1.19. The van der Waals surface area contributed by atoms with E-state index in [2.05, 4.69) is 5.32 Å². The maximum absolute atomic E-state index is 11.5. The number of hydrogen-bond acceptors (Lipinski definition) is 3. The molecule has 0 aliphatic heterocycles. The summed E-state index contributed by atoms with van der Waals surface area (Å²) < 4.78 is 5.06. The number of hydrogen-bond donors (Lipinski definition) is 2. The zero-order valence-corrected chi connectivity index (χ0v) is 10.4. The lowest BCUT2D eigenvalue weighted by atomic mass is 10.1. The molecule has 0 aromatic heterocycles. The van der Waals surface area contributed by atoms with Crippen molar-refractivity contribution in [2.45, 2.75) is 32.5 Å². The van der Waals surface area contributed by atoms with Crippen LogP contribution in [0.4, 0.5) is 0 Å². The van der Waals surface area contributed by atoms with E-state index in [0.29, 0.717) is 19.6 Å². The monoisotopic (exact) mass is 236 g/mol. The van der Waals surface area contributed by atoms with Crippen molar-refractivity contribution in [3.63, 3.8) is 0 Å². The number of benzene rings is 1. The molecule has 0 saturated heterocycles. The van der Waals surface area contributed by atoms with Gasteiger partial charge in [0.15, 0.2) is 0 Å². The van der Waals surface area contributed by atoms with Crippen molar-refractivity contribution >= 4 is 5.91 Å². The predicted molar refractivity (Wildman–Crippen MR) is 67.3 cm³/mol. The van der Waals surface area contributed by atoms with Crippen LogP contribution >= 0.6 is 0 Å². The van der Waals surface area contributed by atoms with Crippen LogP contribution in [0.5, 0.6) is 0 Å². The van der Waals surface area contributed by atoms with Crippen molar-refractivity contribution in [1.82, 2.24) is 5.32 Å². The second kappa shape index (κ2) is 7.04. The van der Waals surface area contributed by atoms with Gasteiger partial charge in [-0.15, -0.1) is 0 Å². The van der Waals surface area contributed by atoms with Crippen molar-refractivity contribution in [3.05, 3.63) is 35.4 Å². The van der Waals surface area contributed by atoms with Crippen LogP contribution in [-0.2, 0) is 22.7 Å². The van der Waals surface area contributed by atoms with Crippen LogP contribution < -0.4 is 11.1 Å². The third kappa shape index (κ3) is 4.54. The molecule has 0 saturated carbocycles. The Morgan fingerprint density at radius 3 is 2.82 bits per heavy atom. The average Bonchev–Trinajstić information content (AvgIpc) is 2.36. The van der Waals surface area contributed by atoms with Crippen LogP contribution in [0.25, 0.3) is 0 Å². The number of rotatable bonds is 6. The van der Waals surface area contributed by atoms with Crippen LogP contribution in [0.2, 0.25) is 0 Å². The fourth-order valence-corrected chi connectivity index (χ4v) is 1.50. The number of ether oxygens (including phenoxy) is 1. The van der Waals surface area contributed by atoms with Crippen LogP contribution in [0.3, 0.4) is 0 Å². The topological polar surface area (TPSA) is 64.4 Å². The highest BCUT2D eigenvalue weighted by molar-refractivity contribution is 5.81. The van der Waals surface area contributed by atoms with Gasteiger partial charge >= 0.3 is 0 Å². The van der Waals surface area contributed by atoms with E-state index in [4.69, 9.17) is 10.5 Å². The van der Waals surface area contributed by atoms with Crippen molar-refractivity contribution in [3.8, 4) is 0 Å². The first-order chi connectivity index (χ1) is 8.17. The maximum Gasteiger partial charge on any atom is 0.237 e. The molecule has 1 atom stereocenters. The Morgan fingerprint density at radius 1 is 1.47 bits per heavy atom. The Hall–Kier alpha value is -1.39. The summed E-state index contributed by atoms with van der Waals surface area (Å²) in [5.74, 6) is -0.107. The van der Waals surface area contributed by atoms with E-state index in [1.165, 1.54) is 0 Å². The minimum Gasteiger partial charge on any atom is -0.380 e. The van der Waals surface area contributed by atoms with Gasteiger partial charge in [0.2, 0.25) is 5.91 Å². The van der Waals surface area contributed by atoms with Crippen molar-refractivity contribution in [1.29, 1.82) is 0 Å². The molecule has 0 aliphatic carbocycles. The minimum atomic E-state index is -0.419. The molecule has 0 bridgehead atoms. The van der Waals surface area contributed by atoms with Crippen molar-refractivity contribution < 1.29 is 9.53 Å². The highest BCUT2D eigenvalue weighted by atomic mass is 16.5. The largest absolute Gasteiger partial charge is 0.380 e. The molecule has 1 aromatic rings. The van der Waals surface area contributed by atoms with E-state index >= 15 is 0 Å². The lowest BCUT2D eigenvalue weighted by Crippen LogP contribution is -2.39. The number of nitrogens with two attached hydrogens (primary N) is 1. The smallest absolute Gasteiger partial charge is 0.237 e. The average molecular weight is 236 g/mol. The Bertz CT molecular complexity index is 366. The molecule has 0 spiro atoms. The number of amides is 1. The fraction of sp³-hybridized carbons (Fsp3) is 0.462. The van der Waals surface area contributed by atoms with Gasteiger partial charge in [0, 0.05) is 13.7 Å². The zero-order chi connectivity index (χ0) is 12.7. The summed E-state index contributed by atoms with van der Waals surface area (Å²) in [6.45, 7) is 2.98. The van der Waals surface area contributed by atoms with Crippen LogP contribution in [0.1, 0.15) is 24.5 Å². The molecule has 17 heavy (non-hydrogen) atoms. The molecule has 3 N–H and O–H groups in total. The molecule has 4 heteroatoms. The molecule has 1 unspecified atom stereocenters. The van der Waals surface area contributed by atoms with Crippen LogP contribution in [-0.4, -0.2) is 19.1 Å². The van der Waals surface area contributed by atoms with E-state index in [-0.39, 0.29) is 5.91 Å². The fourth-order valence-electron chi connectivity index (χ4n) is 1.50. The minimum absolute atomic E-state index is 0.107. The lowest BCUT2D eigenvalue weighted by molar-refractivity contribution is -0.122. The van der Waals surface area contributed by atoms with Gasteiger partial charge in [-0.2, -0.15) is 0 Å². The quantitative estimate of drug-likeness (QED) is 0.779. The molecule has 1 aromatic carbocycles. The molecule has 94 valence electrons. The number of carbonyl (C=O) groups is 1. The highest BCUT2D eigenvalue weighted by Gasteiger charge is 2.09. The Morgan fingerprint density at radius 2 is 2.18 bits per heavy atom. The number of nitrogens with one attached hydrogen (secondary N) is 1. The first-order valence-corrected chi connectivity index (χ1v) is 5.77. The summed E-state index contributed by atoms with van der Waals surface area (Å²) in [7, 11) is 1.66.